The second-order valence-electron chi connectivity index (χ2n) is 27.2. The standard InChI is InChI=1S/C72H140O17P2/c1-8-10-11-12-13-14-15-16-17-18-19-20-25-33-41-48-55-71(76)88-67(59-82-69(74)53-46-39-32-24-22-21-23-29-36-43-50-63(3)4)61-86-90(78,79)84-57-66(73)58-85-91(80,81)87-62-68(60-83-70(75)54-47-40-35-28-30-37-44-51-64(5)6)89-72(77)56-49-42-34-27-26-31-38-45-52-65(7)9-2/h63-68,73H,8-62H2,1-7H3,(H,78,79)(H,80,81)/t65?,66-,67-,68-/m1/s1. The Hall–Kier alpha value is -1.94. The maximum Gasteiger partial charge on any atom is 0.472 e. The molecule has 0 heterocycles. The van der Waals surface area contributed by atoms with Crippen molar-refractivity contribution in [3.8, 4) is 0 Å². The quantitative estimate of drug-likeness (QED) is 0.0222. The van der Waals surface area contributed by atoms with Crippen LogP contribution in [0.1, 0.15) is 363 Å². The van der Waals surface area contributed by atoms with Crippen LogP contribution in [0.25, 0.3) is 0 Å². The number of aliphatic hydroxyl groups is 1. The van der Waals surface area contributed by atoms with E-state index >= 15 is 0 Å². The number of carbonyl (C=O) groups is 4. The first-order chi connectivity index (χ1) is 43.8. The summed E-state index contributed by atoms with van der Waals surface area (Å²) in [5.41, 5.74) is 0. The number of hydrogen-bond donors (Lipinski definition) is 3. The lowest BCUT2D eigenvalue weighted by Gasteiger charge is -2.21. The van der Waals surface area contributed by atoms with Crippen LogP contribution in [0.2, 0.25) is 0 Å². The number of ether oxygens (including phenoxy) is 4. The zero-order valence-electron chi connectivity index (χ0n) is 59.3. The smallest absolute Gasteiger partial charge is 0.462 e. The number of phosphoric ester groups is 2. The van der Waals surface area contributed by atoms with E-state index in [1.165, 1.54) is 167 Å². The van der Waals surface area contributed by atoms with Crippen LogP contribution < -0.4 is 0 Å². The van der Waals surface area contributed by atoms with Gasteiger partial charge in [-0.1, -0.05) is 312 Å². The topological polar surface area (TPSA) is 237 Å². The highest BCUT2D eigenvalue weighted by Gasteiger charge is 2.30. The molecule has 0 aliphatic rings. The third-order valence-electron chi connectivity index (χ3n) is 17.0. The molecule has 17 nitrogen and oxygen atoms in total. The predicted molar refractivity (Wildman–Crippen MR) is 368 cm³/mol. The Labute approximate surface area is 556 Å². The van der Waals surface area contributed by atoms with Crippen molar-refractivity contribution in [3.63, 3.8) is 0 Å². The first kappa shape index (κ1) is 89.1. The molecule has 0 spiro atoms. The monoisotopic (exact) mass is 1340 g/mol. The van der Waals surface area contributed by atoms with Gasteiger partial charge in [0.2, 0.25) is 0 Å². The summed E-state index contributed by atoms with van der Waals surface area (Å²) in [4.78, 5) is 72.6. The van der Waals surface area contributed by atoms with Crippen LogP contribution in [-0.4, -0.2) is 96.7 Å². The van der Waals surface area contributed by atoms with Crippen LogP contribution in [0.3, 0.4) is 0 Å². The summed E-state index contributed by atoms with van der Waals surface area (Å²) in [6, 6.07) is 0. The fourth-order valence-corrected chi connectivity index (χ4v) is 12.4. The third kappa shape index (κ3) is 65.1. The average molecular weight is 1340 g/mol. The minimum Gasteiger partial charge on any atom is -0.462 e. The summed E-state index contributed by atoms with van der Waals surface area (Å²) >= 11 is 0. The van der Waals surface area contributed by atoms with E-state index in [-0.39, 0.29) is 25.7 Å². The third-order valence-corrected chi connectivity index (χ3v) is 18.9. The van der Waals surface area contributed by atoms with Gasteiger partial charge in [0, 0.05) is 25.7 Å². The molecule has 0 amide bonds. The zero-order valence-corrected chi connectivity index (χ0v) is 61.1. The lowest BCUT2D eigenvalue weighted by molar-refractivity contribution is -0.161. The highest BCUT2D eigenvalue weighted by molar-refractivity contribution is 7.47. The molecule has 3 N–H and O–H groups in total. The molecule has 19 heteroatoms. The maximum absolute atomic E-state index is 13.0. The van der Waals surface area contributed by atoms with E-state index in [0.29, 0.717) is 31.6 Å². The van der Waals surface area contributed by atoms with Gasteiger partial charge in [-0.25, -0.2) is 9.13 Å². The van der Waals surface area contributed by atoms with Crippen molar-refractivity contribution in [2.24, 2.45) is 17.8 Å². The molecule has 0 rings (SSSR count). The summed E-state index contributed by atoms with van der Waals surface area (Å²) in [7, 11) is -9.91. The highest BCUT2D eigenvalue weighted by Crippen LogP contribution is 2.45. The number of hydrogen-bond acceptors (Lipinski definition) is 15. The van der Waals surface area contributed by atoms with Gasteiger partial charge in [0.15, 0.2) is 12.2 Å². The Bertz CT molecular complexity index is 1790. The molecule has 6 atom stereocenters. The summed E-state index contributed by atoms with van der Waals surface area (Å²) in [6.07, 6.45) is 47.2. The van der Waals surface area contributed by atoms with E-state index in [4.69, 9.17) is 37.0 Å². The van der Waals surface area contributed by atoms with Crippen molar-refractivity contribution in [3.05, 3.63) is 0 Å². The molecule has 0 radical (unpaired) electrons. The normalized spacial score (nSPS) is 14.5. The first-order valence-electron chi connectivity index (χ1n) is 37.4. The fourth-order valence-electron chi connectivity index (χ4n) is 10.9. The Balaban J connectivity index is 5.26. The summed E-state index contributed by atoms with van der Waals surface area (Å²) < 4.78 is 68.4. The predicted octanol–water partition coefficient (Wildman–Crippen LogP) is 20.6. The SMILES string of the molecule is CCCCCCCCCCCCCCCCCCC(=O)O[C@H](COC(=O)CCCCCCCCCCCCC(C)C)COP(=O)(O)OC[C@@H](O)COP(=O)(O)OC[C@@H](COC(=O)CCCCCCCCCC(C)C)OC(=O)CCCCCCCCCCC(C)CC. The van der Waals surface area contributed by atoms with Crippen molar-refractivity contribution in [2.75, 3.05) is 39.6 Å². The van der Waals surface area contributed by atoms with Gasteiger partial charge in [0.25, 0.3) is 0 Å². The van der Waals surface area contributed by atoms with Gasteiger partial charge >= 0.3 is 39.5 Å². The lowest BCUT2D eigenvalue weighted by Crippen LogP contribution is -2.30. The second-order valence-corrected chi connectivity index (χ2v) is 30.1. The molecular weight excluding hydrogens is 1200 g/mol. The molecule has 0 saturated heterocycles. The van der Waals surface area contributed by atoms with Crippen molar-refractivity contribution < 1.29 is 80.2 Å². The number of rotatable bonds is 70. The van der Waals surface area contributed by atoms with Crippen LogP contribution in [-0.2, 0) is 65.4 Å². The highest BCUT2D eigenvalue weighted by atomic mass is 31.2. The average Bonchev–Trinajstić information content (AvgIpc) is 3.26. The van der Waals surface area contributed by atoms with E-state index in [1.54, 1.807) is 0 Å². The van der Waals surface area contributed by atoms with Gasteiger partial charge in [-0.15, -0.1) is 0 Å². The molecule has 0 fully saturated rings. The van der Waals surface area contributed by atoms with Crippen LogP contribution >= 0.6 is 15.6 Å². The van der Waals surface area contributed by atoms with Crippen LogP contribution in [0.15, 0.2) is 0 Å². The van der Waals surface area contributed by atoms with E-state index < -0.39 is 97.5 Å². The van der Waals surface area contributed by atoms with Gasteiger partial charge in [-0.05, 0) is 43.4 Å². The molecule has 3 unspecified atom stereocenters. The van der Waals surface area contributed by atoms with Crippen molar-refractivity contribution in [1.29, 1.82) is 0 Å². The first-order valence-corrected chi connectivity index (χ1v) is 40.4. The van der Waals surface area contributed by atoms with Crippen LogP contribution in [0.4, 0.5) is 0 Å². The molecular formula is C72H140O17P2. The zero-order chi connectivity index (χ0) is 67.3. The van der Waals surface area contributed by atoms with E-state index in [0.717, 1.165) is 108 Å². The lowest BCUT2D eigenvalue weighted by atomic mass is 9.99. The molecule has 540 valence electrons. The van der Waals surface area contributed by atoms with Gasteiger partial charge in [-0.3, -0.25) is 37.3 Å². The molecule has 0 bridgehead atoms. The van der Waals surface area contributed by atoms with Gasteiger partial charge in [0.05, 0.1) is 26.4 Å². The molecule has 0 saturated carbocycles. The Morgan fingerprint density at radius 3 is 0.835 bits per heavy atom. The molecule has 0 aliphatic carbocycles. The summed E-state index contributed by atoms with van der Waals surface area (Å²) in [5.74, 6) is 0.108. The van der Waals surface area contributed by atoms with Gasteiger partial charge in [0.1, 0.15) is 19.3 Å². The molecule has 0 aromatic rings. The van der Waals surface area contributed by atoms with E-state index in [1.807, 2.05) is 0 Å². The van der Waals surface area contributed by atoms with Gasteiger partial charge < -0.3 is 33.8 Å². The Morgan fingerprint density at radius 2 is 0.560 bits per heavy atom. The Morgan fingerprint density at radius 1 is 0.319 bits per heavy atom. The minimum atomic E-state index is -4.95. The molecule has 91 heavy (non-hydrogen) atoms. The molecule has 0 aliphatic heterocycles. The Kier molecular flexibility index (Phi) is 61.5. The number of aliphatic hydroxyl groups excluding tert-OH is 1. The molecule has 0 aromatic heterocycles. The second kappa shape index (κ2) is 62.8. The number of unbranched alkanes of at least 4 members (excludes halogenated alkanes) is 37. The van der Waals surface area contributed by atoms with Crippen LogP contribution in [0, 0.1) is 17.8 Å². The molecule has 0 aromatic carbocycles. The van der Waals surface area contributed by atoms with Crippen molar-refractivity contribution >= 4 is 39.5 Å². The number of carbonyl (C=O) groups excluding carboxylic acids is 4. The summed E-state index contributed by atoms with van der Waals surface area (Å²) in [5, 5.41) is 10.6. The van der Waals surface area contributed by atoms with Crippen molar-refractivity contribution in [1.82, 2.24) is 0 Å². The number of phosphoric acid groups is 2. The van der Waals surface area contributed by atoms with Crippen LogP contribution in [0.5, 0.6) is 0 Å². The van der Waals surface area contributed by atoms with E-state index in [9.17, 15) is 43.2 Å². The maximum atomic E-state index is 13.0. The van der Waals surface area contributed by atoms with Crippen molar-refractivity contribution in [2.45, 2.75) is 381 Å². The summed E-state index contributed by atoms with van der Waals surface area (Å²) in [6.45, 7) is 11.8. The number of esters is 4. The van der Waals surface area contributed by atoms with Gasteiger partial charge in [-0.2, -0.15) is 0 Å². The fraction of sp³-hybridized carbons (Fsp3) is 0.944. The minimum absolute atomic E-state index is 0.104. The largest absolute Gasteiger partial charge is 0.472 e. The van der Waals surface area contributed by atoms with E-state index in [2.05, 4.69) is 48.5 Å².